The molecule has 1 N–H and O–H groups in total. The van der Waals surface area contributed by atoms with Gasteiger partial charge in [0.25, 0.3) is 5.91 Å². The molecule has 0 spiro atoms. The number of amides is 1. The zero-order valence-corrected chi connectivity index (χ0v) is 21.0. The standard InChI is InChI=1S/C24H40N6O2/c1-16(2)20-13-19(21-17(3)26-30(22(21)25-20)24(4,5)6)23(32)28(8)14-18(31)15-29-11-9-27(7)10-12-29/h13,16,18,31H,9-12,14-15H2,1-8H3/t18-/m1/s1. The Morgan fingerprint density at radius 1 is 1.22 bits per heavy atom. The lowest BCUT2D eigenvalue weighted by Gasteiger charge is -2.34. The third-order valence-corrected chi connectivity index (χ3v) is 6.19. The fraction of sp³-hybridized carbons (Fsp3) is 0.708. The summed E-state index contributed by atoms with van der Waals surface area (Å²) in [6, 6.07) is 1.90. The number of aliphatic hydroxyl groups excluding tert-OH is 1. The third-order valence-electron chi connectivity index (χ3n) is 6.19. The molecule has 0 saturated carbocycles. The summed E-state index contributed by atoms with van der Waals surface area (Å²) < 4.78 is 1.92. The highest BCUT2D eigenvalue weighted by atomic mass is 16.3. The normalized spacial score (nSPS) is 17.3. The maximum absolute atomic E-state index is 13.5. The van der Waals surface area contributed by atoms with Crippen LogP contribution < -0.4 is 0 Å². The first-order valence-electron chi connectivity index (χ1n) is 11.6. The fourth-order valence-corrected chi connectivity index (χ4v) is 4.23. The van der Waals surface area contributed by atoms with Crippen LogP contribution in [-0.2, 0) is 5.54 Å². The zero-order valence-electron chi connectivity index (χ0n) is 21.0. The number of likely N-dealkylation sites (N-methyl/N-ethyl adjacent to an activating group) is 2. The maximum Gasteiger partial charge on any atom is 0.254 e. The Bertz CT molecular complexity index is 954. The van der Waals surface area contributed by atoms with E-state index in [-0.39, 0.29) is 17.4 Å². The van der Waals surface area contributed by atoms with Crippen molar-refractivity contribution in [1.29, 1.82) is 0 Å². The SMILES string of the molecule is Cc1nn(C(C)(C)C)c2nc(C(C)C)cc(C(=O)N(C)C[C@@H](O)CN3CCN(C)CC3)c12. The molecule has 0 bridgehead atoms. The van der Waals surface area contributed by atoms with E-state index < -0.39 is 6.10 Å². The number of rotatable bonds is 6. The second-order valence-electron chi connectivity index (χ2n) is 10.6. The smallest absolute Gasteiger partial charge is 0.254 e. The lowest BCUT2D eigenvalue weighted by atomic mass is 10.0. The summed E-state index contributed by atoms with van der Waals surface area (Å²) in [5.74, 6) is 0.0796. The molecular weight excluding hydrogens is 404 g/mol. The lowest BCUT2D eigenvalue weighted by molar-refractivity contribution is 0.0502. The number of hydrogen-bond acceptors (Lipinski definition) is 6. The first-order valence-corrected chi connectivity index (χ1v) is 11.6. The molecule has 1 aliphatic heterocycles. The average molecular weight is 445 g/mol. The minimum absolute atomic E-state index is 0.103. The first kappa shape index (κ1) is 24.6. The van der Waals surface area contributed by atoms with Crippen molar-refractivity contribution in [2.24, 2.45) is 0 Å². The van der Waals surface area contributed by atoms with Gasteiger partial charge in [0.1, 0.15) is 0 Å². The molecule has 1 saturated heterocycles. The van der Waals surface area contributed by atoms with Crippen molar-refractivity contribution in [2.75, 3.05) is 53.4 Å². The molecular formula is C24H40N6O2. The number of aryl methyl sites for hydroxylation is 1. The highest BCUT2D eigenvalue weighted by Crippen LogP contribution is 2.29. The van der Waals surface area contributed by atoms with Gasteiger partial charge in [-0.2, -0.15) is 5.10 Å². The van der Waals surface area contributed by atoms with E-state index in [1.54, 1.807) is 11.9 Å². The van der Waals surface area contributed by atoms with Gasteiger partial charge in [0, 0.05) is 52.0 Å². The van der Waals surface area contributed by atoms with Gasteiger partial charge in [-0.15, -0.1) is 0 Å². The van der Waals surface area contributed by atoms with Crippen LogP contribution in [0.15, 0.2) is 6.07 Å². The van der Waals surface area contributed by atoms with Crippen molar-refractivity contribution < 1.29 is 9.90 Å². The third kappa shape index (κ3) is 5.30. The van der Waals surface area contributed by atoms with E-state index in [2.05, 4.69) is 51.5 Å². The predicted molar refractivity (Wildman–Crippen MR) is 128 cm³/mol. The topological polar surface area (TPSA) is 77.7 Å². The molecule has 2 aromatic rings. The van der Waals surface area contributed by atoms with Gasteiger partial charge in [-0.1, -0.05) is 13.8 Å². The lowest BCUT2D eigenvalue weighted by Crippen LogP contribution is -2.49. The van der Waals surface area contributed by atoms with Crippen molar-refractivity contribution in [3.05, 3.63) is 23.0 Å². The Kier molecular flexibility index (Phi) is 7.27. The number of aromatic nitrogens is 3. The molecule has 8 nitrogen and oxygen atoms in total. The largest absolute Gasteiger partial charge is 0.390 e. The van der Waals surface area contributed by atoms with Gasteiger partial charge in [0.2, 0.25) is 0 Å². The molecule has 1 aliphatic rings. The molecule has 0 aromatic carbocycles. The van der Waals surface area contributed by atoms with Gasteiger partial charge in [0.15, 0.2) is 5.65 Å². The van der Waals surface area contributed by atoms with E-state index in [0.717, 1.165) is 48.6 Å². The van der Waals surface area contributed by atoms with Gasteiger partial charge in [-0.25, -0.2) is 9.67 Å². The molecule has 3 heterocycles. The van der Waals surface area contributed by atoms with Gasteiger partial charge in [0.05, 0.1) is 28.3 Å². The molecule has 0 unspecified atom stereocenters. The Labute approximate surface area is 192 Å². The summed E-state index contributed by atoms with van der Waals surface area (Å²) >= 11 is 0. The Hall–Kier alpha value is -2.03. The van der Waals surface area contributed by atoms with Crippen LogP contribution >= 0.6 is 0 Å². The first-order chi connectivity index (χ1) is 14.9. The number of fused-ring (bicyclic) bond motifs is 1. The molecule has 1 amide bonds. The number of hydrogen-bond donors (Lipinski definition) is 1. The van der Waals surface area contributed by atoms with Crippen LogP contribution in [0.1, 0.15) is 62.3 Å². The number of aliphatic hydroxyl groups is 1. The van der Waals surface area contributed by atoms with Crippen LogP contribution in [0, 0.1) is 6.92 Å². The van der Waals surface area contributed by atoms with Crippen LogP contribution in [0.5, 0.6) is 0 Å². The molecule has 3 rings (SSSR count). The molecule has 8 heteroatoms. The fourth-order valence-electron chi connectivity index (χ4n) is 4.23. The van der Waals surface area contributed by atoms with E-state index >= 15 is 0 Å². The van der Waals surface area contributed by atoms with Crippen LogP contribution in [0.4, 0.5) is 0 Å². The minimum Gasteiger partial charge on any atom is -0.390 e. The van der Waals surface area contributed by atoms with Crippen LogP contribution in [-0.4, -0.2) is 99.9 Å². The van der Waals surface area contributed by atoms with E-state index in [0.29, 0.717) is 18.7 Å². The van der Waals surface area contributed by atoms with E-state index in [1.807, 2.05) is 17.7 Å². The molecule has 32 heavy (non-hydrogen) atoms. The van der Waals surface area contributed by atoms with Crippen molar-refractivity contribution in [1.82, 2.24) is 29.5 Å². The molecule has 0 aliphatic carbocycles. The van der Waals surface area contributed by atoms with E-state index in [4.69, 9.17) is 10.1 Å². The zero-order chi connectivity index (χ0) is 23.8. The summed E-state index contributed by atoms with van der Waals surface area (Å²) in [5, 5.41) is 16.2. The summed E-state index contributed by atoms with van der Waals surface area (Å²) in [4.78, 5) is 24.6. The highest BCUT2D eigenvalue weighted by Gasteiger charge is 2.27. The number of piperazine rings is 1. The average Bonchev–Trinajstić information content (AvgIpc) is 3.05. The molecule has 2 aromatic heterocycles. The summed E-state index contributed by atoms with van der Waals surface area (Å²) in [5.41, 5.74) is 2.78. The van der Waals surface area contributed by atoms with Gasteiger partial charge in [-0.3, -0.25) is 9.69 Å². The van der Waals surface area contributed by atoms with Crippen LogP contribution in [0.3, 0.4) is 0 Å². The van der Waals surface area contributed by atoms with Crippen molar-refractivity contribution in [2.45, 2.75) is 59.1 Å². The second-order valence-corrected chi connectivity index (χ2v) is 10.6. The number of nitrogens with zero attached hydrogens (tertiary/aromatic N) is 6. The number of pyridine rings is 1. The Balaban J connectivity index is 1.87. The van der Waals surface area contributed by atoms with E-state index in [1.165, 1.54) is 0 Å². The van der Waals surface area contributed by atoms with Gasteiger partial charge in [-0.05, 0) is 46.7 Å². The molecule has 0 radical (unpaired) electrons. The summed E-state index contributed by atoms with van der Waals surface area (Å²) in [6.07, 6.45) is -0.590. The summed E-state index contributed by atoms with van der Waals surface area (Å²) in [7, 11) is 3.88. The monoisotopic (exact) mass is 444 g/mol. The second kappa shape index (κ2) is 9.45. The number of carbonyl (C=O) groups is 1. The molecule has 178 valence electrons. The number of carbonyl (C=O) groups excluding carboxylic acids is 1. The number of β-amino-alcohol motifs (C(OH)–C–C–N with tert-alkyl or cyclic N) is 1. The highest BCUT2D eigenvalue weighted by molar-refractivity contribution is 6.06. The van der Waals surface area contributed by atoms with Crippen LogP contribution in [0.2, 0.25) is 0 Å². The minimum atomic E-state index is -0.590. The quantitative estimate of drug-likeness (QED) is 0.737. The van der Waals surface area contributed by atoms with Crippen molar-refractivity contribution in [3.63, 3.8) is 0 Å². The van der Waals surface area contributed by atoms with Crippen molar-refractivity contribution >= 4 is 16.9 Å². The molecule has 1 atom stereocenters. The van der Waals surface area contributed by atoms with Gasteiger partial charge >= 0.3 is 0 Å². The molecule has 1 fully saturated rings. The maximum atomic E-state index is 13.5. The van der Waals surface area contributed by atoms with Gasteiger partial charge < -0.3 is 14.9 Å². The van der Waals surface area contributed by atoms with Crippen molar-refractivity contribution in [3.8, 4) is 0 Å². The van der Waals surface area contributed by atoms with Crippen LogP contribution in [0.25, 0.3) is 11.0 Å². The Morgan fingerprint density at radius 3 is 2.41 bits per heavy atom. The predicted octanol–water partition coefficient (Wildman–Crippen LogP) is 2.30. The van der Waals surface area contributed by atoms with E-state index in [9.17, 15) is 9.90 Å². The summed E-state index contributed by atoms with van der Waals surface area (Å²) in [6.45, 7) is 17.1. The Morgan fingerprint density at radius 2 is 1.84 bits per heavy atom.